The number of nitrogens with one attached hydrogen (secondary N) is 2. The van der Waals surface area contributed by atoms with Crippen molar-refractivity contribution in [2.24, 2.45) is 0 Å². The van der Waals surface area contributed by atoms with Crippen molar-refractivity contribution >= 4 is 22.8 Å². The van der Waals surface area contributed by atoms with Crippen LogP contribution in [0, 0.1) is 0 Å². The van der Waals surface area contributed by atoms with Crippen LogP contribution in [-0.2, 0) is 20.4 Å². The highest BCUT2D eigenvalue weighted by atomic mass is 32.2. The number of hydrogen-bond acceptors (Lipinski definition) is 4. The Hall–Kier alpha value is -1.15. The van der Waals surface area contributed by atoms with Crippen LogP contribution in [0.15, 0.2) is 0 Å². The van der Waals surface area contributed by atoms with E-state index in [4.69, 9.17) is 5.11 Å². The Bertz CT molecular complexity index is 258. The highest BCUT2D eigenvalue weighted by Gasteiger charge is 2.08. The van der Waals surface area contributed by atoms with E-state index in [9.17, 15) is 13.8 Å². The molecule has 0 rings (SSSR count). The number of carboxylic acid groups (broad SMARTS) is 1. The zero-order valence-corrected chi connectivity index (χ0v) is 9.30. The van der Waals surface area contributed by atoms with Gasteiger partial charge in [-0.1, -0.05) is 0 Å². The van der Waals surface area contributed by atoms with Gasteiger partial charge in [0.1, 0.15) is 0 Å². The number of hydroxylamine groups is 1. The second-order valence-electron chi connectivity index (χ2n) is 2.80. The molecule has 0 bridgehead atoms. The third-order valence-electron chi connectivity index (χ3n) is 1.48. The minimum absolute atomic E-state index is 0.171. The van der Waals surface area contributed by atoms with Gasteiger partial charge in [-0.2, -0.15) is 0 Å². The number of carbonyl (C=O) groups is 2. The Balaban J connectivity index is 3.57. The first-order chi connectivity index (χ1) is 6.93. The number of hydrogen-bond donors (Lipinski definition) is 3. The summed E-state index contributed by atoms with van der Waals surface area (Å²) in [5.74, 6) is -1.18. The maximum Gasteiger partial charge on any atom is 0.338 e. The molecule has 0 fully saturated rings. The van der Waals surface area contributed by atoms with Crippen molar-refractivity contribution in [1.29, 1.82) is 0 Å². The molecule has 0 aromatic carbocycles. The average Bonchev–Trinajstić information content (AvgIpc) is 2.13. The largest absolute Gasteiger partial charge is 0.479 e. The van der Waals surface area contributed by atoms with Gasteiger partial charge in [0.2, 0.25) is 0 Å². The van der Waals surface area contributed by atoms with Crippen LogP contribution in [0.2, 0.25) is 0 Å². The second kappa shape index (κ2) is 7.18. The molecule has 15 heavy (non-hydrogen) atoms. The molecular weight excluding hydrogens is 224 g/mol. The molecule has 2 unspecified atom stereocenters. The molecule has 0 aromatic heterocycles. The van der Waals surface area contributed by atoms with Gasteiger partial charge >= 0.3 is 12.0 Å². The molecule has 0 spiro atoms. The fraction of sp³-hybridized carbons (Fsp3) is 0.714. The third-order valence-corrected chi connectivity index (χ3v) is 2.78. The van der Waals surface area contributed by atoms with Crippen molar-refractivity contribution < 1.29 is 23.7 Å². The fourth-order valence-electron chi connectivity index (χ4n) is 0.553. The Kier molecular flexibility index (Phi) is 6.63. The van der Waals surface area contributed by atoms with Crippen LogP contribution in [0.1, 0.15) is 6.92 Å². The molecule has 0 aliphatic heterocycles. The van der Waals surface area contributed by atoms with Gasteiger partial charge in [-0.3, -0.25) is 9.05 Å². The summed E-state index contributed by atoms with van der Waals surface area (Å²) in [7, 11) is -1.02. The predicted octanol–water partition coefficient (Wildman–Crippen LogP) is -0.931. The molecule has 0 saturated heterocycles. The van der Waals surface area contributed by atoms with Crippen LogP contribution < -0.4 is 10.8 Å². The molecule has 0 heterocycles. The smallest absolute Gasteiger partial charge is 0.338 e. The maximum absolute atomic E-state index is 10.9. The highest BCUT2D eigenvalue weighted by Crippen LogP contribution is 1.88. The molecule has 0 radical (unpaired) electrons. The van der Waals surface area contributed by atoms with Gasteiger partial charge < -0.3 is 10.4 Å². The molecule has 0 aliphatic rings. The SMILES string of the molecule is CC(CNC(=O)NOCC(=O)O)S(C)=O. The lowest BCUT2D eigenvalue weighted by Gasteiger charge is -2.10. The zero-order chi connectivity index (χ0) is 11.8. The normalized spacial score (nSPS) is 14.0. The summed E-state index contributed by atoms with van der Waals surface area (Å²) in [5.41, 5.74) is 1.88. The first-order valence-corrected chi connectivity index (χ1v) is 5.75. The van der Waals surface area contributed by atoms with Gasteiger partial charge in [0.15, 0.2) is 6.61 Å². The number of rotatable bonds is 6. The van der Waals surface area contributed by atoms with E-state index in [2.05, 4.69) is 10.2 Å². The minimum atomic E-state index is -1.18. The van der Waals surface area contributed by atoms with Crippen LogP contribution in [0.5, 0.6) is 0 Å². The molecule has 0 aromatic rings. The Morgan fingerprint density at radius 3 is 2.60 bits per heavy atom. The van der Waals surface area contributed by atoms with Crippen molar-refractivity contribution in [3.63, 3.8) is 0 Å². The van der Waals surface area contributed by atoms with Crippen molar-refractivity contribution in [2.75, 3.05) is 19.4 Å². The van der Waals surface area contributed by atoms with Crippen LogP contribution in [-0.4, -0.2) is 46.0 Å². The quantitative estimate of drug-likeness (QED) is 0.518. The van der Waals surface area contributed by atoms with Crippen molar-refractivity contribution in [3.05, 3.63) is 0 Å². The van der Waals surface area contributed by atoms with Crippen molar-refractivity contribution in [3.8, 4) is 0 Å². The van der Waals surface area contributed by atoms with E-state index in [-0.39, 0.29) is 11.8 Å². The molecule has 88 valence electrons. The van der Waals surface area contributed by atoms with Gasteiger partial charge in [-0.15, -0.1) is 0 Å². The lowest BCUT2D eigenvalue weighted by atomic mass is 10.5. The summed E-state index contributed by atoms with van der Waals surface area (Å²) < 4.78 is 10.9. The van der Waals surface area contributed by atoms with Gasteiger partial charge in [0.25, 0.3) is 0 Å². The summed E-state index contributed by atoms with van der Waals surface area (Å²) in [4.78, 5) is 25.2. The first-order valence-electron chi connectivity index (χ1n) is 4.13. The first kappa shape index (κ1) is 13.8. The van der Waals surface area contributed by atoms with E-state index in [1.54, 1.807) is 6.92 Å². The predicted molar refractivity (Wildman–Crippen MR) is 53.7 cm³/mol. The van der Waals surface area contributed by atoms with Crippen LogP contribution in [0.3, 0.4) is 0 Å². The van der Waals surface area contributed by atoms with Crippen molar-refractivity contribution in [2.45, 2.75) is 12.2 Å². The van der Waals surface area contributed by atoms with E-state index in [0.29, 0.717) is 0 Å². The third kappa shape index (κ3) is 7.89. The van der Waals surface area contributed by atoms with Crippen molar-refractivity contribution in [1.82, 2.24) is 10.8 Å². The zero-order valence-electron chi connectivity index (χ0n) is 8.48. The summed E-state index contributed by atoms with van der Waals surface area (Å²) in [5, 5.41) is 10.4. The topological polar surface area (TPSA) is 105 Å². The monoisotopic (exact) mass is 238 g/mol. The number of carbonyl (C=O) groups excluding carboxylic acids is 1. The van der Waals surface area contributed by atoms with Crippen LogP contribution in [0.4, 0.5) is 4.79 Å². The molecular formula is C7H14N2O5S. The van der Waals surface area contributed by atoms with E-state index < -0.39 is 29.4 Å². The lowest BCUT2D eigenvalue weighted by Crippen LogP contribution is -2.40. The van der Waals surface area contributed by atoms with Gasteiger partial charge in [-0.05, 0) is 6.92 Å². The fourth-order valence-corrected chi connectivity index (χ4v) is 0.871. The van der Waals surface area contributed by atoms with E-state index in [1.165, 1.54) is 6.26 Å². The van der Waals surface area contributed by atoms with E-state index in [1.807, 2.05) is 5.48 Å². The van der Waals surface area contributed by atoms with E-state index in [0.717, 1.165) is 0 Å². The van der Waals surface area contributed by atoms with E-state index >= 15 is 0 Å². The Labute approximate surface area is 89.6 Å². The maximum atomic E-state index is 10.9. The molecule has 3 N–H and O–H groups in total. The van der Waals surface area contributed by atoms with Gasteiger partial charge in [0.05, 0.1) is 0 Å². The van der Waals surface area contributed by atoms with Crippen LogP contribution in [0.25, 0.3) is 0 Å². The Morgan fingerprint density at radius 2 is 2.13 bits per heavy atom. The number of urea groups is 1. The molecule has 0 saturated carbocycles. The number of carboxylic acids is 1. The molecule has 2 amide bonds. The van der Waals surface area contributed by atoms with Gasteiger partial charge in [0, 0.05) is 28.9 Å². The highest BCUT2D eigenvalue weighted by molar-refractivity contribution is 7.84. The molecule has 0 aliphatic carbocycles. The summed E-state index contributed by atoms with van der Waals surface area (Å²) >= 11 is 0. The second-order valence-corrected chi connectivity index (χ2v) is 4.61. The number of aliphatic carboxylic acids is 1. The Morgan fingerprint density at radius 1 is 1.53 bits per heavy atom. The summed E-state index contributed by atoms with van der Waals surface area (Å²) in [6.45, 7) is 1.34. The number of amides is 2. The summed E-state index contributed by atoms with van der Waals surface area (Å²) in [6, 6.07) is -0.659. The van der Waals surface area contributed by atoms with Crippen LogP contribution >= 0.6 is 0 Å². The molecule has 7 nitrogen and oxygen atoms in total. The standard InChI is InChI=1S/C7H14N2O5S/c1-5(15(2)13)3-8-7(12)9-14-4-6(10)11/h5H,3-4H2,1-2H3,(H,10,11)(H2,8,9,12). The molecule has 8 heteroatoms. The average molecular weight is 238 g/mol. The minimum Gasteiger partial charge on any atom is -0.479 e. The summed E-state index contributed by atoms with van der Waals surface area (Å²) in [6.07, 6.45) is 1.53. The van der Waals surface area contributed by atoms with Gasteiger partial charge in [-0.25, -0.2) is 15.1 Å². The lowest BCUT2D eigenvalue weighted by molar-refractivity contribution is -0.144. The molecule has 2 atom stereocenters.